The van der Waals surface area contributed by atoms with E-state index in [9.17, 15) is 4.79 Å². The Hall–Kier alpha value is -2.82. The molecule has 0 aliphatic heterocycles. The molecule has 1 amide bonds. The standard InChI is InChI=1S/C20H26N4O/c1-4-21-20(22-13-17-10-8-15(2)9-11-17)23-14-18-6-5-7-19(12-18)24-16(3)25/h5-12H,4,13-14H2,1-3H3,(H,24,25)(H2,21,22,23). The minimum Gasteiger partial charge on any atom is -0.357 e. The molecule has 0 fully saturated rings. The minimum absolute atomic E-state index is 0.0752. The van der Waals surface area contributed by atoms with E-state index in [4.69, 9.17) is 0 Å². The van der Waals surface area contributed by atoms with Gasteiger partial charge in [-0.05, 0) is 37.1 Å². The molecule has 0 aliphatic carbocycles. The summed E-state index contributed by atoms with van der Waals surface area (Å²) in [4.78, 5) is 15.8. The lowest BCUT2D eigenvalue weighted by atomic mass is 10.1. The smallest absolute Gasteiger partial charge is 0.221 e. The number of benzene rings is 2. The van der Waals surface area contributed by atoms with E-state index < -0.39 is 0 Å². The van der Waals surface area contributed by atoms with E-state index in [1.165, 1.54) is 18.1 Å². The molecule has 0 saturated heterocycles. The maximum Gasteiger partial charge on any atom is 0.221 e. The van der Waals surface area contributed by atoms with Gasteiger partial charge in [0.05, 0.1) is 6.54 Å². The lowest BCUT2D eigenvalue weighted by Gasteiger charge is -2.12. The van der Waals surface area contributed by atoms with E-state index in [2.05, 4.69) is 52.1 Å². The Bertz CT molecular complexity index is 723. The zero-order valence-electron chi connectivity index (χ0n) is 15.1. The van der Waals surface area contributed by atoms with Gasteiger partial charge in [0.15, 0.2) is 5.96 Å². The van der Waals surface area contributed by atoms with Crippen LogP contribution in [0.25, 0.3) is 0 Å². The van der Waals surface area contributed by atoms with Crippen LogP contribution in [0, 0.1) is 6.92 Å². The van der Waals surface area contributed by atoms with Crippen molar-refractivity contribution in [2.75, 3.05) is 11.9 Å². The fourth-order valence-corrected chi connectivity index (χ4v) is 2.35. The largest absolute Gasteiger partial charge is 0.357 e. The van der Waals surface area contributed by atoms with Crippen LogP contribution in [0.2, 0.25) is 0 Å². The van der Waals surface area contributed by atoms with Crippen LogP contribution in [-0.2, 0) is 17.9 Å². The highest BCUT2D eigenvalue weighted by molar-refractivity contribution is 5.88. The lowest BCUT2D eigenvalue weighted by molar-refractivity contribution is -0.114. The van der Waals surface area contributed by atoms with E-state index in [0.29, 0.717) is 6.54 Å². The minimum atomic E-state index is -0.0752. The van der Waals surface area contributed by atoms with Crippen molar-refractivity contribution in [3.05, 3.63) is 65.2 Å². The van der Waals surface area contributed by atoms with Crippen molar-refractivity contribution in [2.24, 2.45) is 4.99 Å². The van der Waals surface area contributed by atoms with Crippen LogP contribution >= 0.6 is 0 Å². The molecule has 0 bridgehead atoms. The zero-order valence-corrected chi connectivity index (χ0v) is 15.1. The van der Waals surface area contributed by atoms with Crippen molar-refractivity contribution in [1.82, 2.24) is 10.6 Å². The molecule has 2 rings (SSSR count). The van der Waals surface area contributed by atoms with Gasteiger partial charge in [-0.2, -0.15) is 0 Å². The number of nitrogens with zero attached hydrogens (tertiary/aromatic N) is 1. The number of amides is 1. The quantitative estimate of drug-likeness (QED) is 0.560. The fraction of sp³-hybridized carbons (Fsp3) is 0.300. The summed E-state index contributed by atoms with van der Waals surface area (Å²) < 4.78 is 0. The molecule has 0 atom stereocenters. The molecule has 5 heteroatoms. The first-order valence-electron chi connectivity index (χ1n) is 8.51. The third-order valence-corrected chi connectivity index (χ3v) is 3.59. The van der Waals surface area contributed by atoms with E-state index in [1.54, 1.807) is 0 Å². The van der Waals surface area contributed by atoms with Gasteiger partial charge in [0.2, 0.25) is 5.91 Å². The predicted octanol–water partition coefficient (Wildman–Crippen LogP) is 3.21. The lowest BCUT2D eigenvalue weighted by Crippen LogP contribution is -2.36. The molecule has 5 nitrogen and oxygen atoms in total. The van der Waals surface area contributed by atoms with Gasteiger partial charge in [-0.1, -0.05) is 42.0 Å². The van der Waals surface area contributed by atoms with Gasteiger partial charge >= 0.3 is 0 Å². The van der Waals surface area contributed by atoms with E-state index in [1.807, 2.05) is 31.2 Å². The summed E-state index contributed by atoms with van der Waals surface area (Å²) in [7, 11) is 0. The van der Waals surface area contributed by atoms with Crippen LogP contribution in [0.4, 0.5) is 5.69 Å². The van der Waals surface area contributed by atoms with Crippen LogP contribution in [0.1, 0.15) is 30.5 Å². The summed E-state index contributed by atoms with van der Waals surface area (Å²) in [5.41, 5.74) is 4.30. The predicted molar refractivity (Wildman–Crippen MR) is 104 cm³/mol. The highest BCUT2D eigenvalue weighted by Gasteiger charge is 2.01. The monoisotopic (exact) mass is 338 g/mol. The van der Waals surface area contributed by atoms with Crippen molar-refractivity contribution in [2.45, 2.75) is 33.9 Å². The van der Waals surface area contributed by atoms with Gasteiger partial charge in [0.25, 0.3) is 0 Å². The van der Waals surface area contributed by atoms with E-state index >= 15 is 0 Å². The highest BCUT2D eigenvalue weighted by atomic mass is 16.1. The van der Waals surface area contributed by atoms with Crippen LogP contribution in [0.3, 0.4) is 0 Å². The fourth-order valence-electron chi connectivity index (χ4n) is 2.35. The first-order chi connectivity index (χ1) is 12.1. The second kappa shape index (κ2) is 9.47. The van der Waals surface area contributed by atoms with E-state index in [0.717, 1.165) is 30.3 Å². The topological polar surface area (TPSA) is 65.5 Å². The molecule has 0 unspecified atom stereocenters. The average molecular weight is 338 g/mol. The second-order valence-electron chi connectivity index (χ2n) is 5.92. The Labute approximate surface area is 149 Å². The maximum atomic E-state index is 11.2. The SMILES string of the molecule is CCNC(=NCc1cccc(NC(C)=O)c1)NCc1ccc(C)cc1. The molecular weight excluding hydrogens is 312 g/mol. The molecule has 3 N–H and O–H groups in total. The normalized spacial score (nSPS) is 11.1. The van der Waals surface area contributed by atoms with Crippen LogP contribution in [0.15, 0.2) is 53.5 Å². The van der Waals surface area contributed by atoms with Gasteiger partial charge in [-0.15, -0.1) is 0 Å². The number of hydrogen-bond acceptors (Lipinski definition) is 2. The number of aliphatic imine (C=N–C) groups is 1. The molecule has 0 aromatic heterocycles. The number of guanidine groups is 1. The van der Waals surface area contributed by atoms with Crippen LogP contribution in [0.5, 0.6) is 0 Å². The van der Waals surface area contributed by atoms with Crippen molar-refractivity contribution < 1.29 is 4.79 Å². The third-order valence-electron chi connectivity index (χ3n) is 3.59. The van der Waals surface area contributed by atoms with Crippen molar-refractivity contribution >= 4 is 17.6 Å². The average Bonchev–Trinajstić information content (AvgIpc) is 2.58. The summed E-state index contributed by atoms with van der Waals surface area (Å²) >= 11 is 0. The van der Waals surface area contributed by atoms with Gasteiger partial charge in [0.1, 0.15) is 0 Å². The van der Waals surface area contributed by atoms with Crippen LogP contribution < -0.4 is 16.0 Å². The highest BCUT2D eigenvalue weighted by Crippen LogP contribution is 2.11. The van der Waals surface area contributed by atoms with Gasteiger partial charge in [0, 0.05) is 25.7 Å². The zero-order chi connectivity index (χ0) is 18.1. The molecular formula is C20H26N4O. The number of carbonyl (C=O) groups excluding carboxylic acids is 1. The maximum absolute atomic E-state index is 11.2. The van der Waals surface area contributed by atoms with Crippen molar-refractivity contribution in [3.63, 3.8) is 0 Å². The summed E-state index contributed by atoms with van der Waals surface area (Å²) in [5.74, 6) is 0.696. The second-order valence-corrected chi connectivity index (χ2v) is 5.92. The molecule has 2 aromatic carbocycles. The van der Waals surface area contributed by atoms with Crippen LogP contribution in [-0.4, -0.2) is 18.4 Å². The number of aryl methyl sites for hydroxylation is 1. The first-order valence-corrected chi connectivity index (χ1v) is 8.51. The Morgan fingerprint density at radius 2 is 1.80 bits per heavy atom. The number of anilines is 1. The Kier molecular flexibility index (Phi) is 7.01. The number of hydrogen-bond donors (Lipinski definition) is 3. The summed E-state index contributed by atoms with van der Waals surface area (Å²) in [5, 5.41) is 9.38. The molecule has 0 heterocycles. The van der Waals surface area contributed by atoms with Gasteiger partial charge in [-0.3, -0.25) is 4.79 Å². The van der Waals surface area contributed by atoms with Gasteiger partial charge < -0.3 is 16.0 Å². The van der Waals surface area contributed by atoms with Crippen molar-refractivity contribution in [1.29, 1.82) is 0 Å². The molecule has 0 spiro atoms. The summed E-state index contributed by atoms with van der Waals surface area (Å²) in [6.45, 7) is 7.68. The Morgan fingerprint density at radius 3 is 2.48 bits per heavy atom. The van der Waals surface area contributed by atoms with Crippen molar-refractivity contribution in [3.8, 4) is 0 Å². The summed E-state index contributed by atoms with van der Waals surface area (Å²) in [6.07, 6.45) is 0. The van der Waals surface area contributed by atoms with Gasteiger partial charge in [-0.25, -0.2) is 4.99 Å². The molecule has 0 saturated carbocycles. The summed E-state index contributed by atoms with van der Waals surface area (Å²) in [6, 6.07) is 16.2. The Morgan fingerprint density at radius 1 is 1.04 bits per heavy atom. The molecule has 0 radical (unpaired) electrons. The molecule has 0 aliphatic rings. The third kappa shape index (κ3) is 6.67. The molecule has 2 aromatic rings. The molecule has 132 valence electrons. The number of carbonyl (C=O) groups is 1. The first kappa shape index (κ1) is 18.5. The Balaban J connectivity index is 1.98. The van der Waals surface area contributed by atoms with E-state index in [-0.39, 0.29) is 5.91 Å². The number of rotatable bonds is 6. The molecule has 25 heavy (non-hydrogen) atoms. The number of nitrogens with one attached hydrogen (secondary N) is 3.